The van der Waals surface area contributed by atoms with Gasteiger partial charge in [0.15, 0.2) is 0 Å². The number of nitrogens with one attached hydrogen (secondary N) is 1. The van der Waals surface area contributed by atoms with E-state index in [0.29, 0.717) is 12.0 Å². The standard InChI is InChI=1S/C23H18N2.C2H6.C2H4/c1-25-20-11-10-19-22(16-8-4-5-9-18(16)24-19)23(20)17-12-14-6-2-3-7-15(14)13-21(17)25;2*1-2/h2-13,17,21,24H,1H3;1-2H3;1-2H2. The van der Waals surface area contributed by atoms with Crippen LogP contribution in [0.5, 0.6) is 0 Å². The molecule has 3 aromatic carbocycles. The van der Waals surface area contributed by atoms with Crippen LogP contribution in [0, 0.1) is 0 Å². The highest BCUT2D eigenvalue weighted by Gasteiger charge is 2.36. The molecule has 146 valence electrons. The van der Waals surface area contributed by atoms with Gasteiger partial charge in [0.25, 0.3) is 0 Å². The lowest BCUT2D eigenvalue weighted by Gasteiger charge is -2.24. The second-order valence-corrected chi connectivity index (χ2v) is 7.18. The van der Waals surface area contributed by atoms with Crippen molar-refractivity contribution >= 4 is 39.6 Å². The van der Waals surface area contributed by atoms with E-state index in [2.05, 4.69) is 103 Å². The van der Waals surface area contributed by atoms with Crippen molar-refractivity contribution < 1.29 is 0 Å². The van der Waals surface area contributed by atoms with Gasteiger partial charge in [0, 0.05) is 40.5 Å². The normalized spacial score (nSPS) is 18.2. The molecule has 6 rings (SSSR count). The number of para-hydroxylation sites is 1. The average Bonchev–Trinajstić information content (AvgIpc) is 3.30. The van der Waals surface area contributed by atoms with Crippen LogP contribution in [-0.4, -0.2) is 18.1 Å². The summed E-state index contributed by atoms with van der Waals surface area (Å²) in [5.41, 5.74) is 5.28. The molecule has 2 heterocycles. The van der Waals surface area contributed by atoms with Crippen LogP contribution in [0.4, 0.5) is 5.69 Å². The number of hydrogen-bond acceptors (Lipinski definition) is 1. The van der Waals surface area contributed by atoms with E-state index in [1.807, 2.05) is 13.8 Å². The second-order valence-electron chi connectivity index (χ2n) is 7.18. The first kappa shape index (κ1) is 19.1. The molecule has 1 aliphatic heterocycles. The first-order chi connectivity index (χ1) is 14.3. The van der Waals surface area contributed by atoms with Gasteiger partial charge in [-0.1, -0.05) is 68.5 Å². The van der Waals surface area contributed by atoms with Gasteiger partial charge in [-0.05, 0) is 34.2 Å². The number of rotatable bonds is 0. The SMILES string of the molecule is C=C.CC.CN1c2ccc3[nH]c4ccccc4c3c2C2C=c3ccccc3=CC21. The van der Waals surface area contributed by atoms with E-state index in [1.165, 1.54) is 43.5 Å². The molecule has 1 N–H and O–H groups in total. The Morgan fingerprint density at radius 3 is 2.21 bits per heavy atom. The van der Waals surface area contributed by atoms with Gasteiger partial charge in [-0.3, -0.25) is 0 Å². The fourth-order valence-electron chi connectivity index (χ4n) is 4.76. The number of likely N-dealkylation sites (N-methyl/N-ethyl adjacent to an activating group) is 1. The largest absolute Gasteiger partial charge is 0.367 e. The van der Waals surface area contributed by atoms with Gasteiger partial charge in [0.2, 0.25) is 0 Å². The van der Waals surface area contributed by atoms with Crippen molar-refractivity contribution in [2.75, 3.05) is 11.9 Å². The summed E-state index contributed by atoms with van der Waals surface area (Å²) in [6.45, 7) is 10.0. The summed E-state index contributed by atoms with van der Waals surface area (Å²) in [4.78, 5) is 6.03. The van der Waals surface area contributed by atoms with Crippen molar-refractivity contribution in [2.24, 2.45) is 0 Å². The third kappa shape index (κ3) is 2.79. The van der Waals surface area contributed by atoms with E-state index in [-0.39, 0.29) is 0 Å². The van der Waals surface area contributed by atoms with Crippen LogP contribution in [0.1, 0.15) is 25.3 Å². The molecule has 0 fully saturated rings. The maximum Gasteiger partial charge on any atom is 0.0583 e. The van der Waals surface area contributed by atoms with Crippen LogP contribution in [0.3, 0.4) is 0 Å². The van der Waals surface area contributed by atoms with Crippen molar-refractivity contribution in [3.8, 4) is 0 Å². The Morgan fingerprint density at radius 1 is 0.793 bits per heavy atom. The first-order valence-electron chi connectivity index (χ1n) is 10.4. The van der Waals surface area contributed by atoms with Gasteiger partial charge >= 0.3 is 0 Å². The lowest BCUT2D eigenvalue weighted by Crippen LogP contribution is -2.38. The van der Waals surface area contributed by atoms with Crippen molar-refractivity contribution in [2.45, 2.75) is 25.8 Å². The summed E-state index contributed by atoms with van der Waals surface area (Å²) >= 11 is 0. The quantitative estimate of drug-likeness (QED) is 0.409. The Morgan fingerprint density at radius 2 is 1.45 bits per heavy atom. The lowest BCUT2D eigenvalue weighted by atomic mass is 9.87. The van der Waals surface area contributed by atoms with Gasteiger partial charge in [-0.25, -0.2) is 0 Å². The number of aromatic amines is 1. The zero-order chi connectivity index (χ0) is 20.5. The van der Waals surface area contributed by atoms with Crippen LogP contribution in [0.2, 0.25) is 0 Å². The van der Waals surface area contributed by atoms with Gasteiger partial charge in [0.1, 0.15) is 0 Å². The highest BCUT2D eigenvalue weighted by molar-refractivity contribution is 6.12. The molecule has 0 radical (unpaired) electrons. The minimum Gasteiger partial charge on any atom is -0.367 e. The number of H-pyrrole nitrogens is 1. The van der Waals surface area contributed by atoms with Crippen molar-refractivity contribution in [3.05, 3.63) is 89.8 Å². The predicted octanol–water partition coefficient (Wildman–Crippen LogP) is 5.33. The molecule has 0 saturated heterocycles. The molecule has 0 amide bonds. The Hall–Kier alpha value is -3.26. The molecule has 0 spiro atoms. The van der Waals surface area contributed by atoms with Crippen molar-refractivity contribution in [1.29, 1.82) is 0 Å². The Kier molecular flexibility index (Phi) is 5.02. The molecular formula is C27H28N2. The van der Waals surface area contributed by atoms with Crippen molar-refractivity contribution in [1.82, 2.24) is 4.98 Å². The summed E-state index contributed by atoms with van der Waals surface area (Å²) in [7, 11) is 2.22. The maximum absolute atomic E-state index is 3.59. The molecule has 2 heteroatoms. The number of hydrogen-bond donors (Lipinski definition) is 1. The molecular weight excluding hydrogens is 352 g/mol. The van der Waals surface area contributed by atoms with Crippen LogP contribution in [0.15, 0.2) is 73.8 Å². The molecule has 1 aromatic heterocycles. The van der Waals surface area contributed by atoms with Gasteiger partial charge < -0.3 is 9.88 Å². The maximum atomic E-state index is 3.59. The molecule has 2 unspecified atom stereocenters. The molecule has 2 aliphatic rings. The second kappa shape index (κ2) is 7.63. The predicted molar refractivity (Wildman–Crippen MR) is 128 cm³/mol. The highest BCUT2D eigenvalue weighted by atomic mass is 15.2. The molecule has 4 aromatic rings. The molecule has 29 heavy (non-hydrogen) atoms. The zero-order valence-corrected chi connectivity index (χ0v) is 17.4. The average molecular weight is 381 g/mol. The number of nitrogens with zero attached hydrogens (tertiary/aromatic N) is 1. The van der Waals surface area contributed by atoms with Crippen molar-refractivity contribution in [3.63, 3.8) is 0 Å². The number of anilines is 1. The van der Waals surface area contributed by atoms with Crippen LogP contribution in [-0.2, 0) is 0 Å². The molecule has 0 bridgehead atoms. The van der Waals surface area contributed by atoms with E-state index >= 15 is 0 Å². The Balaban J connectivity index is 0.000000485. The molecule has 1 aliphatic carbocycles. The van der Waals surface area contributed by atoms with Gasteiger partial charge in [0.05, 0.1) is 6.04 Å². The summed E-state index contributed by atoms with van der Waals surface area (Å²) in [6.07, 6.45) is 4.89. The van der Waals surface area contributed by atoms with E-state index < -0.39 is 0 Å². The Labute approximate surface area is 172 Å². The van der Waals surface area contributed by atoms with Crippen LogP contribution < -0.4 is 15.3 Å². The summed E-state index contributed by atoms with van der Waals surface area (Å²) in [5.74, 6) is 0.401. The highest BCUT2D eigenvalue weighted by Crippen LogP contribution is 2.47. The van der Waals surface area contributed by atoms with Gasteiger partial charge in [-0.2, -0.15) is 0 Å². The van der Waals surface area contributed by atoms with Gasteiger partial charge in [-0.15, -0.1) is 13.2 Å². The number of benzene rings is 3. The minimum absolute atomic E-state index is 0.393. The fraction of sp³-hybridized carbons (Fsp3) is 0.185. The topological polar surface area (TPSA) is 19.0 Å². The van der Waals surface area contributed by atoms with Crippen LogP contribution in [0.25, 0.3) is 34.0 Å². The number of aromatic nitrogens is 1. The molecule has 2 nitrogen and oxygen atoms in total. The monoisotopic (exact) mass is 380 g/mol. The van der Waals surface area contributed by atoms with E-state index in [9.17, 15) is 0 Å². The lowest BCUT2D eigenvalue weighted by molar-refractivity contribution is 0.779. The smallest absolute Gasteiger partial charge is 0.0583 e. The fourth-order valence-corrected chi connectivity index (χ4v) is 4.76. The van der Waals surface area contributed by atoms with E-state index in [0.717, 1.165) is 0 Å². The third-order valence-electron chi connectivity index (χ3n) is 5.92. The first-order valence-corrected chi connectivity index (χ1v) is 10.4. The van der Waals surface area contributed by atoms with E-state index in [1.54, 1.807) is 0 Å². The Bertz CT molecular complexity index is 1300. The molecule has 0 saturated carbocycles. The van der Waals surface area contributed by atoms with Crippen LogP contribution >= 0.6 is 0 Å². The number of fused-ring (bicyclic) bond motifs is 8. The third-order valence-corrected chi connectivity index (χ3v) is 5.92. The summed E-state index contributed by atoms with van der Waals surface area (Å²) < 4.78 is 0. The minimum atomic E-state index is 0.393. The van der Waals surface area contributed by atoms with E-state index in [4.69, 9.17) is 0 Å². The zero-order valence-electron chi connectivity index (χ0n) is 17.4. The summed E-state index contributed by atoms with van der Waals surface area (Å²) in [5, 5.41) is 5.41. The molecule has 2 atom stereocenters. The summed E-state index contributed by atoms with van der Waals surface area (Å²) in [6, 6.07) is 22.3.